The average molecular weight is 367 g/mol. The molecule has 1 aromatic carbocycles. The van der Waals surface area contributed by atoms with Gasteiger partial charge < -0.3 is 19.1 Å². The number of hydrogen-bond donors (Lipinski definition) is 0. The quantitative estimate of drug-likeness (QED) is 0.832. The Morgan fingerprint density at radius 1 is 1.07 bits per heavy atom. The van der Waals surface area contributed by atoms with Gasteiger partial charge in [0, 0.05) is 45.6 Å². The molecule has 6 nitrogen and oxygen atoms in total. The summed E-state index contributed by atoms with van der Waals surface area (Å²) in [6, 6.07) is 7.89. The van der Waals surface area contributed by atoms with E-state index in [1.165, 1.54) is 5.56 Å². The summed E-state index contributed by atoms with van der Waals surface area (Å²) < 4.78 is 7.51. The van der Waals surface area contributed by atoms with Crippen molar-refractivity contribution in [3.8, 4) is 5.75 Å². The summed E-state index contributed by atoms with van der Waals surface area (Å²) in [7, 11) is 1.90. The van der Waals surface area contributed by atoms with Crippen molar-refractivity contribution in [1.29, 1.82) is 0 Å². The molecule has 0 atom stereocenters. The van der Waals surface area contributed by atoms with Crippen molar-refractivity contribution >= 4 is 11.8 Å². The Morgan fingerprint density at radius 2 is 1.85 bits per heavy atom. The molecule has 4 rings (SSSR count). The molecule has 0 aliphatic carbocycles. The number of aryl methyl sites for hydroxylation is 2. The second-order valence-corrected chi connectivity index (χ2v) is 7.31. The molecule has 2 aliphatic rings. The molecule has 6 heteroatoms. The summed E-state index contributed by atoms with van der Waals surface area (Å²) in [5.41, 5.74) is 2.94. The fourth-order valence-corrected chi connectivity index (χ4v) is 3.78. The van der Waals surface area contributed by atoms with Gasteiger partial charge in [-0.05, 0) is 36.1 Å². The van der Waals surface area contributed by atoms with Gasteiger partial charge in [-0.2, -0.15) is 0 Å². The predicted molar refractivity (Wildman–Crippen MR) is 102 cm³/mol. The Morgan fingerprint density at radius 3 is 2.59 bits per heavy atom. The normalized spacial score (nSPS) is 16.6. The van der Waals surface area contributed by atoms with Gasteiger partial charge >= 0.3 is 0 Å². The second kappa shape index (κ2) is 7.47. The molecule has 3 heterocycles. The van der Waals surface area contributed by atoms with Crippen molar-refractivity contribution < 1.29 is 14.3 Å². The van der Waals surface area contributed by atoms with Crippen LogP contribution in [-0.4, -0.2) is 59.0 Å². The number of hydrogen-bond acceptors (Lipinski definition) is 3. The van der Waals surface area contributed by atoms with Crippen LogP contribution in [0.4, 0.5) is 0 Å². The lowest BCUT2D eigenvalue weighted by Crippen LogP contribution is -2.50. The molecule has 1 fully saturated rings. The molecule has 2 amide bonds. The molecule has 1 saturated heterocycles. The van der Waals surface area contributed by atoms with Crippen LogP contribution < -0.4 is 4.74 Å². The number of ether oxygens (including phenoxy) is 1. The molecule has 0 unspecified atom stereocenters. The Balaban J connectivity index is 1.33. The molecule has 1 aromatic heterocycles. The highest BCUT2D eigenvalue weighted by atomic mass is 16.5. The minimum atomic E-state index is 0.0392. The van der Waals surface area contributed by atoms with E-state index in [4.69, 9.17) is 4.74 Å². The Bertz CT molecular complexity index is 850. The third kappa shape index (κ3) is 3.84. The number of amides is 2. The van der Waals surface area contributed by atoms with Crippen LogP contribution in [-0.2, 0) is 24.7 Å². The number of benzene rings is 1. The van der Waals surface area contributed by atoms with Crippen LogP contribution >= 0.6 is 0 Å². The van der Waals surface area contributed by atoms with E-state index in [1.807, 2.05) is 52.0 Å². The Hall–Kier alpha value is -2.76. The molecule has 0 saturated carbocycles. The number of aromatic nitrogens is 1. The zero-order chi connectivity index (χ0) is 18.8. The second-order valence-electron chi connectivity index (χ2n) is 7.31. The van der Waals surface area contributed by atoms with Gasteiger partial charge in [-0.1, -0.05) is 12.1 Å². The van der Waals surface area contributed by atoms with Crippen molar-refractivity contribution in [1.82, 2.24) is 14.4 Å². The van der Waals surface area contributed by atoms with E-state index in [2.05, 4.69) is 6.07 Å². The third-order valence-corrected chi connectivity index (χ3v) is 5.33. The first-order chi connectivity index (χ1) is 13.1. The monoisotopic (exact) mass is 367 g/mol. The maximum Gasteiger partial charge on any atom is 0.255 e. The molecule has 0 spiro atoms. The van der Waals surface area contributed by atoms with Gasteiger partial charge in [0.05, 0.1) is 18.6 Å². The first-order valence-electron chi connectivity index (χ1n) is 9.54. The molecule has 2 aromatic rings. The maximum atomic E-state index is 12.7. The lowest BCUT2D eigenvalue weighted by atomic mass is 10.0. The van der Waals surface area contributed by atoms with Crippen molar-refractivity contribution in [3.63, 3.8) is 0 Å². The van der Waals surface area contributed by atoms with E-state index in [1.54, 1.807) is 0 Å². The van der Waals surface area contributed by atoms with Gasteiger partial charge in [-0.15, -0.1) is 0 Å². The number of carbonyl (C=O) groups excluding carboxylic acids is 2. The SMILES string of the molecule is Cn1ccc(C(=O)N2CCN(C(=O)Cc3ccc4c(c3)CCCO4)CC2)c1. The van der Waals surface area contributed by atoms with Crippen molar-refractivity contribution in [2.24, 2.45) is 7.05 Å². The average Bonchev–Trinajstić information content (AvgIpc) is 3.14. The summed E-state index contributed by atoms with van der Waals surface area (Å²) in [5.74, 6) is 1.11. The van der Waals surface area contributed by atoms with E-state index in [0.717, 1.165) is 30.8 Å². The Labute approximate surface area is 159 Å². The maximum absolute atomic E-state index is 12.7. The topological polar surface area (TPSA) is 54.8 Å². The number of nitrogens with zero attached hydrogens (tertiary/aromatic N) is 3. The first kappa shape index (κ1) is 17.6. The van der Waals surface area contributed by atoms with Crippen LogP contribution in [0.5, 0.6) is 5.75 Å². The highest BCUT2D eigenvalue weighted by molar-refractivity contribution is 5.94. The number of carbonyl (C=O) groups is 2. The van der Waals surface area contributed by atoms with Gasteiger partial charge in [-0.25, -0.2) is 0 Å². The van der Waals surface area contributed by atoms with E-state index in [0.29, 0.717) is 38.2 Å². The molecule has 0 bridgehead atoms. The van der Waals surface area contributed by atoms with Gasteiger partial charge in [0.2, 0.25) is 5.91 Å². The molecule has 0 N–H and O–H groups in total. The van der Waals surface area contributed by atoms with Gasteiger partial charge in [0.15, 0.2) is 0 Å². The molecule has 0 radical (unpaired) electrons. The highest BCUT2D eigenvalue weighted by Gasteiger charge is 2.25. The highest BCUT2D eigenvalue weighted by Crippen LogP contribution is 2.26. The van der Waals surface area contributed by atoms with Gasteiger partial charge in [0.1, 0.15) is 5.75 Å². The molecular formula is C21H25N3O3. The first-order valence-corrected chi connectivity index (χ1v) is 9.54. The summed E-state index contributed by atoms with van der Waals surface area (Å²) in [6.45, 7) is 3.11. The van der Waals surface area contributed by atoms with Gasteiger partial charge in [0.25, 0.3) is 5.91 Å². The van der Waals surface area contributed by atoms with E-state index in [9.17, 15) is 9.59 Å². The number of rotatable bonds is 3. The van der Waals surface area contributed by atoms with E-state index < -0.39 is 0 Å². The van der Waals surface area contributed by atoms with Crippen LogP contribution in [0.2, 0.25) is 0 Å². The predicted octanol–water partition coefficient (Wildman–Crippen LogP) is 1.88. The summed E-state index contributed by atoms with van der Waals surface area (Å²) in [6.07, 6.45) is 6.15. The van der Waals surface area contributed by atoms with Crippen LogP contribution in [0.3, 0.4) is 0 Å². The fraction of sp³-hybridized carbons (Fsp3) is 0.429. The number of fused-ring (bicyclic) bond motifs is 1. The minimum absolute atomic E-state index is 0.0392. The molecular weight excluding hydrogens is 342 g/mol. The summed E-state index contributed by atoms with van der Waals surface area (Å²) in [5, 5.41) is 0. The molecule has 2 aliphatic heterocycles. The summed E-state index contributed by atoms with van der Waals surface area (Å²) >= 11 is 0. The van der Waals surface area contributed by atoms with Crippen LogP contribution in [0.1, 0.15) is 27.9 Å². The molecule has 27 heavy (non-hydrogen) atoms. The van der Waals surface area contributed by atoms with Crippen LogP contribution in [0.15, 0.2) is 36.7 Å². The lowest BCUT2D eigenvalue weighted by Gasteiger charge is -2.34. The lowest BCUT2D eigenvalue weighted by molar-refractivity contribution is -0.131. The van der Waals surface area contributed by atoms with E-state index in [-0.39, 0.29) is 11.8 Å². The Kier molecular flexibility index (Phi) is 4.88. The minimum Gasteiger partial charge on any atom is -0.493 e. The van der Waals surface area contributed by atoms with Crippen molar-refractivity contribution in [2.45, 2.75) is 19.3 Å². The van der Waals surface area contributed by atoms with Gasteiger partial charge in [-0.3, -0.25) is 9.59 Å². The third-order valence-electron chi connectivity index (χ3n) is 5.33. The van der Waals surface area contributed by atoms with E-state index >= 15 is 0 Å². The van der Waals surface area contributed by atoms with Crippen LogP contribution in [0.25, 0.3) is 0 Å². The molecule has 142 valence electrons. The summed E-state index contributed by atoms with van der Waals surface area (Å²) in [4.78, 5) is 28.9. The number of piperazine rings is 1. The van der Waals surface area contributed by atoms with Crippen LogP contribution in [0, 0.1) is 0 Å². The zero-order valence-electron chi connectivity index (χ0n) is 15.7. The zero-order valence-corrected chi connectivity index (χ0v) is 15.7. The van der Waals surface area contributed by atoms with Crippen molar-refractivity contribution in [3.05, 3.63) is 53.3 Å². The standard InChI is InChI=1S/C21H25N3O3/c1-22-7-6-18(15-22)21(26)24-10-8-23(9-11-24)20(25)14-16-4-5-19-17(13-16)3-2-12-27-19/h4-7,13,15H,2-3,8-12,14H2,1H3. The van der Waals surface area contributed by atoms with Crippen molar-refractivity contribution in [2.75, 3.05) is 32.8 Å². The smallest absolute Gasteiger partial charge is 0.255 e. The largest absolute Gasteiger partial charge is 0.493 e. The fourth-order valence-electron chi connectivity index (χ4n) is 3.78.